The van der Waals surface area contributed by atoms with Gasteiger partial charge in [0.15, 0.2) is 0 Å². The number of likely N-dealkylation sites (N-methyl/N-ethyl adjacent to an activating group) is 1. The van der Waals surface area contributed by atoms with Crippen molar-refractivity contribution in [2.45, 2.75) is 25.8 Å². The number of amides is 1. The Labute approximate surface area is 101 Å². The number of hydrogen-bond donors (Lipinski definition) is 2. The van der Waals surface area contributed by atoms with Crippen LogP contribution in [0.1, 0.15) is 19.8 Å². The first-order valence-corrected chi connectivity index (χ1v) is 5.83. The molecule has 17 heavy (non-hydrogen) atoms. The van der Waals surface area contributed by atoms with Gasteiger partial charge in [-0.15, -0.1) is 0 Å². The van der Waals surface area contributed by atoms with Crippen molar-refractivity contribution in [2.24, 2.45) is 5.92 Å². The third kappa shape index (κ3) is 4.60. The quantitative estimate of drug-likeness (QED) is 0.754. The fourth-order valence-corrected chi connectivity index (χ4v) is 2.29. The largest absolute Gasteiger partial charge is 0.481 e. The van der Waals surface area contributed by atoms with Crippen LogP contribution in [0.15, 0.2) is 0 Å². The van der Waals surface area contributed by atoms with Gasteiger partial charge in [-0.2, -0.15) is 0 Å². The molecule has 6 nitrogen and oxygen atoms in total. The summed E-state index contributed by atoms with van der Waals surface area (Å²) < 4.78 is 4.55. The standard InChI is InChI=1S/C11H20N2O4/c1-3-13-6-8(5-10(14)15)4-9(7-13)12-11(16)17-2/h8-9H,3-7H2,1-2H3,(H,12,16)(H,14,15). The number of carbonyl (C=O) groups is 2. The van der Waals surface area contributed by atoms with Crippen LogP contribution in [-0.2, 0) is 9.53 Å². The average Bonchev–Trinajstić information content (AvgIpc) is 2.27. The van der Waals surface area contributed by atoms with Crippen LogP contribution in [0.2, 0.25) is 0 Å². The highest BCUT2D eigenvalue weighted by Gasteiger charge is 2.28. The van der Waals surface area contributed by atoms with E-state index in [0.29, 0.717) is 6.42 Å². The van der Waals surface area contributed by atoms with E-state index < -0.39 is 12.1 Å². The number of nitrogens with zero attached hydrogens (tertiary/aromatic N) is 1. The maximum Gasteiger partial charge on any atom is 0.407 e. The zero-order chi connectivity index (χ0) is 12.8. The lowest BCUT2D eigenvalue weighted by molar-refractivity contribution is -0.138. The summed E-state index contributed by atoms with van der Waals surface area (Å²) >= 11 is 0. The summed E-state index contributed by atoms with van der Waals surface area (Å²) in [5.41, 5.74) is 0. The van der Waals surface area contributed by atoms with Crippen LogP contribution in [0, 0.1) is 5.92 Å². The van der Waals surface area contributed by atoms with E-state index in [1.165, 1.54) is 7.11 Å². The van der Waals surface area contributed by atoms with Crippen LogP contribution in [0.4, 0.5) is 4.79 Å². The van der Waals surface area contributed by atoms with Crippen molar-refractivity contribution < 1.29 is 19.4 Å². The minimum atomic E-state index is -0.787. The van der Waals surface area contributed by atoms with Crippen LogP contribution in [0.25, 0.3) is 0 Å². The van der Waals surface area contributed by atoms with Crippen molar-refractivity contribution in [3.05, 3.63) is 0 Å². The number of nitrogens with one attached hydrogen (secondary N) is 1. The average molecular weight is 244 g/mol. The van der Waals surface area contributed by atoms with E-state index in [9.17, 15) is 9.59 Å². The topological polar surface area (TPSA) is 78.9 Å². The molecule has 2 N–H and O–H groups in total. The van der Waals surface area contributed by atoms with Gasteiger partial charge in [-0.3, -0.25) is 4.79 Å². The summed E-state index contributed by atoms with van der Waals surface area (Å²) in [4.78, 5) is 24.0. The Hall–Kier alpha value is -1.30. The Bertz CT molecular complexity index is 283. The van der Waals surface area contributed by atoms with Gasteiger partial charge in [0.05, 0.1) is 7.11 Å². The molecule has 1 saturated heterocycles. The smallest absolute Gasteiger partial charge is 0.407 e. The molecule has 98 valence electrons. The van der Waals surface area contributed by atoms with Crippen LogP contribution in [0.3, 0.4) is 0 Å². The number of aliphatic carboxylic acids is 1. The molecule has 2 unspecified atom stereocenters. The second kappa shape index (κ2) is 6.44. The number of methoxy groups -OCH3 is 1. The summed E-state index contributed by atoms with van der Waals surface area (Å²) in [6.45, 7) is 4.41. The molecule has 0 radical (unpaired) electrons. The molecule has 0 bridgehead atoms. The number of ether oxygens (including phenoxy) is 1. The van der Waals surface area contributed by atoms with Crippen molar-refractivity contribution in [3.8, 4) is 0 Å². The number of carboxylic acids is 1. The minimum Gasteiger partial charge on any atom is -0.481 e. The van der Waals surface area contributed by atoms with Crippen molar-refractivity contribution in [1.29, 1.82) is 0 Å². The van der Waals surface area contributed by atoms with Crippen molar-refractivity contribution >= 4 is 12.1 Å². The van der Waals surface area contributed by atoms with Gasteiger partial charge in [0.25, 0.3) is 0 Å². The number of alkyl carbamates (subject to hydrolysis) is 1. The van der Waals surface area contributed by atoms with Gasteiger partial charge in [-0.25, -0.2) is 4.79 Å². The van der Waals surface area contributed by atoms with Gasteiger partial charge >= 0.3 is 12.1 Å². The highest BCUT2D eigenvalue weighted by molar-refractivity contribution is 5.68. The highest BCUT2D eigenvalue weighted by Crippen LogP contribution is 2.20. The summed E-state index contributed by atoms with van der Waals surface area (Å²) in [6.07, 6.45) is 0.385. The van der Waals surface area contributed by atoms with E-state index in [4.69, 9.17) is 5.11 Å². The second-order valence-electron chi connectivity index (χ2n) is 4.38. The van der Waals surface area contributed by atoms with Gasteiger partial charge in [-0.1, -0.05) is 6.92 Å². The third-order valence-corrected chi connectivity index (χ3v) is 3.03. The Morgan fingerprint density at radius 1 is 1.47 bits per heavy atom. The first kappa shape index (κ1) is 13.8. The molecule has 1 fully saturated rings. The summed E-state index contributed by atoms with van der Waals surface area (Å²) in [6, 6.07) is -0.0273. The molecule has 0 aliphatic carbocycles. The molecule has 0 spiro atoms. The number of likely N-dealkylation sites (tertiary alicyclic amines) is 1. The summed E-state index contributed by atoms with van der Waals surface area (Å²) in [7, 11) is 1.32. The molecule has 1 aliphatic rings. The molecular weight excluding hydrogens is 224 g/mol. The Morgan fingerprint density at radius 3 is 2.71 bits per heavy atom. The molecule has 1 heterocycles. The van der Waals surface area contributed by atoms with Gasteiger partial charge < -0.3 is 20.1 Å². The molecule has 0 aromatic carbocycles. The first-order valence-electron chi connectivity index (χ1n) is 5.83. The third-order valence-electron chi connectivity index (χ3n) is 3.03. The van der Waals surface area contributed by atoms with Crippen LogP contribution in [0.5, 0.6) is 0 Å². The molecule has 0 saturated carbocycles. The number of hydrogen-bond acceptors (Lipinski definition) is 4. The van der Waals surface area contributed by atoms with Crippen LogP contribution >= 0.6 is 0 Å². The fourth-order valence-electron chi connectivity index (χ4n) is 2.29. The predicted octanol–water partition coefficient (Wildman–Crippen LogP) is 0.527. The van der Waals surface area contributed by atoms with Crippen LogP contribution < -0.4 is 5.32 Å². The molecule has 2 atom stereocenters. The Morgan fingerprint density at radius 2 is 2.18 bits per heavy atom. The van der Waals surface area contributed by atoms with Gasteiger partial charge in [0, 0.05) is 25.6 Å². The molecule has 1 rings (SSSR count). The zero-order valence-corrected chi connectivity index (χ0v) is 10.3. The summed E-state index contributed by atoms with van der Waals surface area (Å²) in [5, 5.41) is 11.5. The summed E-state index contributed by atoms with van der Waals surface area (Å²) in [5.74, 6) is -0.701. The van der Waals surface area contributed by atoms with Crippen molar-refractivity contribution in [3.63, 3.8) is 0 Å². The lowest BCUT2D eigenvalue weighted by atomic mass is 9.91. The predicted molar refractivity (Wildman–Crippen MR) is 61.8 cm³/mol. The lowest BCUT2D eigenvalue weighted by Crippen LogP contribution is -2.51. The molecule has 0 aromatic heterocycles. The number of rotatable bonds is 4. The second-order valence-corrected chi connectivity index (χ2v) is 4.38. The van der Waals surface area contributed by atoms with Crippen molar-refractivity contribution in [2.75, 3.05) is 26.7 Å². The maximum absolute atomic E-state index is 11.1. The molecular formula is C11H20N2O4. The van der Waals surface area contributed by atoms with E-state index in [0.717, 1.165) is 19.6 Å². The molecule has 6 heteroatoms. The monoisotopic (exact) mass is 244 g/mol. The van der Waals surface area contributed by atoms with Gasteiger partial charge in [0.1, 0.15) is 0 Å². The van der Waals surface area contributed by atoms with E-state index >= 15 is 0 Å². The Kier molecular flexibility index (Phi) is 5.21. The van der Waals surface area contributed by atoms with E-state index in [1.807, 2.05) is 6.92 Å². The Balaban J connectivity index is 2.53. The highest BCUT2D eigenvalue weighted by atomic mass is 16.5. The van der Waals surface area contributed by atoms with Gasteiger partial charge in [0.2, 0.25) is 0 Å². The van der Waals surface area contributed by atoms with Gasteiger partial charge in [-0.05, 0) is 18.9 Å². The zero-order valence-electron chi connectivity index (χ0n) is 10.3. The molecule has 0 aromatic rings. The van der Waals surface area contributed by atoms with E-state index in [-0.39, 0.29) is 18.4 Å². The number of piperidine rings is 1. The van der Waals surface area contributed by atoms with Crippen molar-refractivity contribution in [1.82, 2.24) is 10.2 Å². The number of carbonyl (C=O) groups excluding carboxylic acids is 1. The normalized spacial score (nSPS) is 25.3. The molecule has 1 amide bonds. The number of carboxylic acid groups (broad SMARTS) is 1. The first-order chi connectivity index (χ1) is 8.05. The fraction of sp³-hybridized carbons (Fsp3) is 0.818. The van der Waals surface area contributed by atoms with E-state index in [1.54, 1.807) is 0 Å². The lowest BCUT2D eigenvalue weighted by Gasteiger charge is -2.36. The SMILES string of the molecule is CCN1CC(CC(=O)O)CC(NC(=O)OC)C1. The van der Waals surface area contributed by atoms with Crippen LogP contribution in [-0.4, -0.2) is 54.9 Å². The maximum atomic E-state index is 11.1. The van der Waals surface area contributed by atoms with E-state index in [2.05, 4.69) is 15.0 Å². The minimum absolute atomic E-state index is 0.0273. The molecule has 1 aliphatic heterocycles.